The number of nitrogens with one attached hydrogen (secondary N) is 2. The normalized spacial score (nSPS) is 9.71. The van der Waals surface area contributed by atoms with Crippen molar-refractivity contribution in [3.05, 3.63) is 59.2 Å². The van der Waals surface area contributed by atoms with Crippen LogP contribution in [0.3, 0.4) is 0 Å². The van der Waals surface area contributed by atoms with Crippen LogP contribution in [0.4, 0.5) is 0 Å². The van der Waals surface area contributed by atoms with Gasteiger partial charge in [0.25, 0.3) is 5.75 Å². The van der Waals surface area contributed by atoms with Crippen LogP contribution in [-0.2, 0) is 6.54 Å². The molecule has 0 aromatic heterocycles. The molecule has 0 amide bonds. The van der Waals surface area contributed by atoms with Crippen LogP contribution < -0.4 is 5.32 Å². The summed E-state index contributed by atoms with van der Waals surface area (Å²) in [5.41, 5.74) is 2.11. The van der Waals surface area contributed by atoms with Crippen LogP contribution in [0.15, 0.2) is 42.5 Å². The number of hydrogen-bond acceptors (Lipinski definition) is 3. The highest BCUT2D eigenvalue weighted by molar-refractivity contribution is 5.80. The lowest BCUT2D eigenvalue weighted by Gasteiger charge is -2.01. The third-order valence-electron chi connectivity index (χ3n) is 2.91. The monoisotopic (exact) mass is 281 g/mol. The third-order valence-corrected chi connectivity index (χ3v) is 2.91. The van der Waals surface area contributed by atoms with Crippen molar-refractivity contribution in [3.63, 3.8) is 0 Å². The Labute approximate surface area is 123 Å². The van der Waals surface area contributed by atoms with Gasteiger partial charge in [-0.05, 0) is 11.6 Å². The first-order valence-electron chi connectivity index (χ1n) is 6.53. The van der Waals surface area contributed by atoms with E-state index in [2.05, 4.69) is 17.2 Å². The Balaban J connectivity index is 1.97. The first kappa shape index (κ1) is 14.6. The Morgan fingerprint density at radius 1 is 1.24 bits per heavy atom. The number of hydrogen-bond donors (Lipinski definition) is 3. The summed E-state index contributed by atoms with van der Waals surface area (Å²) >= 11 is 0. The van der Waals surface area contributed by atoms with Gasteiger partial charge in [0.05, 0.1) is 12.1 Å². The van der Waals surface area contributed by atoms with Gasteiger partial charge in [0, 0.05) is 24.4 Å². The molecule has 0 saturated heterocycles. The maximum Gasteiger partial charge on any atom is 0.298 e. The number of aromatic hydroxyl groups is 1. The van der Waals surface area contributed by atoms with Gasteiger partial charge < -0.3 is 20.9 Å². The minimum Gasteiger partial charge on any atom is -0.591 e. The van der Waals surface area contributed by atoms with Gasteiger partial charge in [0.15, 0.2) is 0 Å². The molecule has 0 aliphatic carbocycles. The lowest BCUT2D eigenvalue weighted by atomic mass is 10.1. The first-order chi connectivity index (χ1) is 10.2. The molecule has 0 bridgehead atoms. The van der Waals surface area contributed by atoms with E-state index in [4.69, 9.17) is 10.5 Å². The summed E-state index contributed by atoms with van der Waals surface area (Å²) in [4.78, 5) is 0. The Hall–Kier alpha value is -2.77. The molecule has 0 saturated carbocycles. The number of phenolic OH excluding ortho intramolecular Hbond substituents is 1. The van der Waals surface area contributed by atoms with Crippen molar-refractivity contribution in [3.8, 4) is 23.3 Å². The number of rotatable bonds is 4. The zero-order valence-electron chi connectivity index (χ0n) is 11.5. The quantitative estimate of drug-likeness (QED) is 0.347. The van der Waals surface area contributed by atoms with Crippen LogP contribution in [0, 0.1) is 17.3 Å². The van der Waals surface area contributed by atoms with Crippen molar-refractivity contribution < 1.29 is 10.2 Å². The molecule has 2 rings (SSSR count). The zero-order valence-corrected chi connectivity index (χ0v) is 11.5. The molecule has 0 atom stereocenters. The summed E-state index contributed by atoms with van der Waals surface area (Å²) < 4.78 is 0. The van der Waals surface area contributed by atoms with Crippen molar-refractivity contribution in [2.24, 2.45) is 0 Å². The van der Waals surface area contributed by atoms with Crippen LogP contribution in [0.2, 0.25) is 0 Å². The van der Waals surface area contributed by atoms with E-state index in [0.29, 0.717) is 17.7 Å². The largest absolute Gasteiger partial charge is 0.591 e. The van der Waals surface area contributed by atoms with E-state index < -0.39 is 0 Å². The molecule has 0 fully saturated rings. The molecule has 4 nitrogen and oxygen atoms in total. The average molecular weight is 281 g/mol. The molecule has 0 heterocycles. The summed E-state index contributed by atoms with van der Waals surface area (Å²) in [6, 6.07) is 13.0. The Morgan fingerprint density at radius 3 is 2.71 bits per heavy atom. The second kappa shape index (κ2) is 7.13. The fourth-order valence-corrected chi connectivity index (χ4v) is 1.84. The van der Waals surface area contributed by atoms with E-state index in [1.54, 1.807) is 6.07 Å². The van der Waals surface area contributed by atoms with Gasteiger partial charge in [-0.1, -0.05) is 42.2 Å². The molecular formula is C17H17N2O2+. The lowest BCUT2D eigenvalue weighted by Crippen LogP contribution is -2.12. The highest BCUT2D eigenvalue weighted by Gasteiger charge is 2.10. The number of phenols is 1. The molecule has 0 aliphatic rings. The Kier molecular flexibility index (Phi) is 4.97. The Bertz CT molecular complexity index is 685. The fourth-order valence-electron chi connectivity index (χ4n) is 1.84. The van der Waals surface area contributed by atoms with Crippen molar-refractivity contribution in [1.82, 2.24) is 5.32 Å². The third kappa shape index (κ3) is 4.10. The fraction of sp³-hybridized carbons (Fsp3) is 0.118. The molecule has 0 spiro atoms. The van der Waals surface area contributed by atoms with E-state index in [1.165, 1.54) is 11.6 Å². The van der Waals surface area contributed by atoms with E-state index in [0.717, 1.165) is 12.8 Å². The molecule has 106 valence electrons. The summed E-state index contributed by atoms with van der Waals surface area (Å²) in [5, 5.41) is 27.7. The van der Waals surface area contributed by atoms with Gasteiger partial charge in [0.2, 0.25) is 5.75 Å². The predicted molar refractivity (Wildman–Crippen MR) is 84.1 cm³/mol. The van der Waals surface area contributed by atoms with Crippen LogP contribution in [-0.4, -0.2) is 23.0 Å². The first-order valence-corrected chi connectivity index (χ1v) is 6.53. The number of benzene rings is 2. The van der Waals surface area contributed by atoms with Gasteiger partial charge in [0.1, 0.15) is 0 Å². The topological polar surface area (TPSA) is 79.0 Å². The Morgan fingerprint density at radius 2 is 2.00 bits per heavy atom. The smallest absolute Gasteiger partial charge is 0.298 e. The van der Waals surface area contributed by atoms with E-state index in [1.807, 2.05) is 30.3 Å². The molecule has 0 aliphatic heterocycles. The van der Waals surface area contributed by atoms with Crippen LogP contribution >= 0.6 is 0 Å². The van der Waals surface area contributed by atoms with E-state index in [9.17, 15) is 5.11 Å². The second-order valence-corrected chi connectivity index (χ2v) is 4.50. The van der Waals surface area contributed by atoms with Crippen molar-refractivity contribution in [2.45, 2.75) is 6.54 Å². The van der Waals surface area contributed by atoms with Crippen molar-refractivity contribution in [2.75, 3.05) is 6.54 Å². The minimum absolute atomic E-state index is 0.0162. The second-order valence-electron chi connectivity index (χ2n) is 4.50. The highest BCUT2D eigenvalue weighted by atomic mass is 16.3. The zero-order chi connectivity index (χ0) is 15.1. The molecule has 5 N–H and O–H groups in total. The molecular weight excluding hydrogens is 264 g/mol. The highest BCUT2D eigenvalue weighted by Crippen LogP contribution is 2.29. The molecule has 4 heteroatoms. The maximum atomic E-state index is 9.77. The summed E-state index contributed by atoms with van der Waals surface area (Å²) in [5.74, 6) is 5.58. The summed E-state index contributed by atoms with van der Waals surface area (Å²) in [6.45, 7) is 1.21. The van der Waals surface area contributed by atoms with Crippen molar-refractivity contribution in [1.29, 1.82) is 5.41 Å². The molecule has 0 unspecified atom stereocenters. The average Bonchev–Trinajstić information content (AvgIpc) is 2.51. The molecule has 0 radical (unpaired) electrons. The molecule has 21 heavy (non-hydrogen) atoms. The van der Waals surface area contributed by atoms with E-state index >= 15 is 0 Å². The van der Waals surface area contributed by atoms with Gasteiger partial charge in [-0.15, -0.1) is 0 Å². The maximum absolute atomic E-state index is 9.77. The summed E-state index contributed by atoms with van der Waals surface area (Å²) in [6.07, 6.45) is 1.14. The summed E-state index contributed by atoms with van der Waals surface area (Å²) in [7, 11) is 0. The van der Waals surface area contributed by atoms with Crippen LogP contribution in [0.5, 0.6) is 11.5 Å². The molecule has 2 aromatic rings. The van der Waals surface area contributed by atoms with Gasteiger partial charge in [-0.25, -0.2) is 0 Å². The van der Waals surface area contributed by atoms with Gasteiger partial charge in [-0.2, -0.15) is 0 Å². The lowest BCUT2D eigenvalue weighted by molar-refractivity contribution is 0.402. The van der Waals surface area contributed by atoms with Crippen LogP contribution in [0.25, 0.3) is 0 Å². The minimum atomic E-state index is -0.142. The standard InChI is InChI=1S/C17H16N2O2/c18-11-14-9-15(17(21)16(20)10-14)7-4-8-19-12-13-5-2-1-3-6-13/h1-3,5-6,9-11,18-21H,8,12H2/p+1. The molecule has 2 aromatic carbocycles. The van der Waals surface area contributed by atoms with Gasteiger partial charge in [-0.3, -0.25) is 0 Å². The predicted octanol–water partition coefficient (Wildman–Crippen LogP) is 1.97. The van der Waals surface area contributed by atoms with E-state index in [-0.39, 0.29) is 11.5 Å². The van der Waals surface area contributed by atoms with Gasteiger partial charge >= 0.3 is 0 Å². The van der Waals surface area contributed by atoms with Crippen molar-refractivity contribution >= 4 is 6.21 Å². The SMILES string of the molecule is N=Cc1cc([OH2+])c(O)c(C#CCNCc2ccccc2)c1. The van der Waals surface area contributed by atoms with Crippen LogP contribution in [0.1, 0.15) is 16.7 Å².